The monoisotopic (exact) mass is 151 g/mol. The molecule has 1 aromatic heterocycles. The first-order chi connectivity index (χ1) is 5.27. The Bertz CT molecular complexity index is 303. The van der Waals surface area contributed by atoms with Gasteiger partial charge >= 0.3 is 0 Å². The van der Waals surface area contributed by atoms with Crippen molar-refractivity contribution < 1.29 is 4.39 Å². The Morgan fingerprint density at radius 3 is 2.91 bits per heavy atom. The Labute approximate surface area is 63.5 Å². The number of nitriles is 1. The van der Waals surface area contributed by atoms with Gasteiger partial charge in [-0.3, -0.25) is 0 Å². The van der Waals surface area contributed by atoms with Gasteiger partial charge in [0.05, 0.1) is 6.20 Å². The van der Waals surface area contributed by atoms with Gasteiger partial charge in [-0.25, -0.2) is 9.37 Å². The second kappa shape index (κ2) is 2.97. The van der Waals surface area contributed by atoms with Gasteiger partial charge in [-0.2, -0.15) is 5.26 Å². The molecule has 0 saturated carbocycles. The van der Waals surface area contributed by atoms with Crippen molar-refractivity contribution in [1.82, 2.24) is 4.98 Å². The molecular weight excluding hydrogens is 145 g/mol. The second-order valence-corrected chi connectivity index (χ2v) is 1.91. The summed E-state index contributed by atoms with van der Waals surface area (Å²) in [4.78, 5) is 3.76. The third kappa shape index (κ3) is 1.44. The molecule has 56 valence electrons. The lowest BCUT2D eigenvalue weighted by atomic mass is 10.3. The van der Waals surface area contributed by atoms with Gasteiger partial charge < -0.3 is 5.32 Å². The molecule has 0 atom stereocenters. The molecule has 0 aliphatic heterocycles. The first-order valence-corrected chi connectivity index (χ1v) is 3.01. The van der Waals surface area contributed by atoms with Crippen LogP contribution in [0.3, 0.4) is 0 Å². The average molecular weight is 151 g/mol. The molecule has 0 bridgehead atoms. The number of pyridine rings is 1. The summed E-state index contributed by atoms with van der Waals surface area (Å²) < 4.78 is 12.7. The smallest absolute Gasteiger partial charge is 0.146 e. The number of rotatable bonds is 1. The molecule has 1 rings (SSSR count). The summed E-state index contributed by atoms with van der Waals surface area (Å²) in [5, 5.41) is 11.0. The number of nitrogens with one attached hydrogen (secondary N) is 1. The minimum absolute atomic E-state index is 0.0380. The van der Waals surface area contributed by atoms with Gasteiger partial charge in [-0.15, -0.1) is 0 Å². The van der Waals surface area contributed by atoms with Crippen LogP contribution < -0.4 is 5.32 Å². The molecule has 0 aliphatic carbocycles. The van der Waals surface area contributed by atoms with E-state index in [0.29, 0.717) is 5.82 Å². The van der Waals surface area contributed by atoms with Crippen molar-refractivity contribution in [2.75, 3.05) is 12.4 Å². The maximum atomic E-state index is 12.7. The summed E-state index contributed by atoms with van der Waals surface area (Å²) in [5.74, 6) is -0.131. The summed E-state index contributed by atoms with van der Waals surface area (Å²) in [7, 11) is 1.63. The first-order valence-electron chi connectivity index (χ1n) is 3.01. The Balaban J connectivity index is 3.12. The fraction of sp³-hybridized carbons (Fsp3) is 0.143. The lowest BCUT2D eigenvalue weighted by molar-refractivity contribution is 0.622. The number of halogens is 1. The van der Waals surface area contributed by atoms with E-state index in [9.17, 15) is 4.39 Å². The predicted octanol–water partition coefficient (Wildman–Crippen LogP) is 1.13. The van der Waals surface area contributed by atoms with Crippen LogP contribution in [0.15, 0.2) is 12.3 Å². The number of nitrogens with zero attached hydrogens (tertiary/aromatic N) is 2. The van der Waals surface area contributed by atoms with Crippen molar-refractivity contribution in [3.05, 3.63) is 23.6 Å². The highest BCUT2D eigenvalue weighted by molar-refractivity contribution is 5.39. The predicted molar refractivity (Wildman–Crippen MR) is 38.5 cm³/mol. The van der Waals surface area contributed by atoms with Crippen molar-refractivity contribution in [1.29, 1.82) is 5.26 Å². The summed E-state index contributed by atoms with van der Waals surface area (Å²) in [6.07, 6.45) is 1.20. The number of hydrogen-bond acceptors (Lipinski definition) is 3. The molecule has 0 unspecified atom stereocenters. The number of aromatic nitrogens is 1. The fourth-order valence-electron chi connectivity index (χ4n) is 0.650. The molecule has 0 amide bonds. The van der Waals surface area contributed by atoms with Gasteiger partial charge in [0.25, 0.3) is 0 Å². The summed E-state index contributed by atoms with van der Waals surface area (Å²) in [6, 6.07) is 2.86. The molecule has 1 aromatic rings. The van der Waals surface area contributed by atoms with Gasteiger partial charge in [-0.05, 0) is 0 Å². The summed E-state index contributed by atoms with van der Waals surface area (Å²) in [6.45, 7) is 0. The Kier molecular flexibility index (Phi) is 2.02. The van der Waals surface area contributed by atoms with Crippen LogP contribution in [0.25, 0.3) is 0 Å². The maximum absolute atomic E-state index is 12.7. The average Bonchev–Trinajstić information content (AvgIpc) is 2.04. The third-order valence-electron chi connectivity index (χ3n) is 1.23. The molecule has 0 aromatic carbocycles. The third-order valence-corrected chi connectivity index (χ3v) is 1.23. The number of hydrogen-bond donors (Lipinski definition) is 1. The van der Waals surface area contributed by atoms with Crippen molar-refractivity contribution in [3.63, 3.8) is 0 Å². The van der Waals surface area contributed by atoms with Gasteiger partial charge in [0.1, 0.15) is 23.3 Å². The van der Waals surface area contributed by atoms with Gasteiger partial charge in [0, 0.05) is 13.1 Å². The highest BCUT2D eigenvalue weighted by Gasteiger charge is 2.01. The van der Waals surface area contributed by atoms with Crippen LogP contribution in [0, 0.1) is 17.1 Å². The van der Waals surface area contributed by atoms with Gasteiger partial charge in [-0.1, -0.05) is 0 Å². The summed E-state index contributed by atoms with van der Waals surface area (Å²) in [5.41, 5.74) is -0.0380. The molecular formula is C7H6FN3. The Morgan fingerprint density at radius 2 is 2.45 bits per heavy atom. The van der Waals surface area contributed by atoms with E-state index in [1.54, 1.807) is 13.1 Å². The van der Waals surface area contributed by atoms with Crippen molar-refractivity contribution in [2.45, 2.75) is 0 Å². The van der Waals surface area contributed by atoms with Crippen LogP contribution in [0.4, 0.5) is 10.2 Å². The van der Waals surface area contributed by atoms with Crippen LogP contribution in [-0.4, -0.2) is 12.0 Å². The molecule has 0 spiro atoms. The normalized spacial score (nSPS) is 8.82. The van der Waals surface area contributed by atoms with Crippen LogP contribution in [-0.2, 0) is 0 Å². The minimum Gasteiger partial charge on any atom is -0.373 e. The zero-order valence-corrected chi connectivity index (χ0v) is 5.93. The molecule has 0 fully saturated rings. The van der Waals surface area contributed by atoms with Crippen LogP contribution in [0.5, 0.6) is 0 Å². The standard InChI is InChI=1S/C7H6FN3/c1-10-7-2-6(8)5(3-9)4-11-7/h2,4H,1H3,(H,10,11). The zero-order chi connectivity index (χ0) is 8.27. The molecule has 11 heavy (non-hydrogen) atoms. The molecule has 3 nitrogen and oxygen atoms in total. The topological polar surface area (TPSA) is 48.7 Å². The lowest BCUT2D eigenvalue weighted by Crippen LogP contribution is -1.94. The summed E-state index contributed by atoms with van der Waals surface area (Å²) >= 11 is 0. The zero-order valence-electron chi connectivity index (χ0n) is 5.93. The number of anilines is 1. The van der Waals surface area contributed by atoms with Gasteiger partial charge in [0.2, 0.25) is 0 Å². The van der Waals surface area contributed by atoms with E-state index in [2.05, 4.69) is 10.3 Å². The first kappa shape index (κ1) is 7.48. The SMILES string of the molecule is CNc1cc(F)c(C#N)cn1. The lowest BCUT2D eigenvalue weighted by Gasteiger charge is -1.97. The van der Waals surface area contributed by atoms with Crippen LogP contribution in [0.2, 0.25) is 0 Å². The van der Waals surface area contributed by atoms with Crippen LogP contribution in [0.1, 0.15) is 5.56 Å². The molecule has 0 radical (unpaired) electrons. The van der Waals surface area contributed by atoms with E-state index < -0.39 is 5.82 Å². The largest absolute Gasteiger partial charge is 0.373 e. The van der Waals surface area contributed by atoms with Crippen molar-refractivity contribution in [2.24, 2.45) is 0 Å². The molecule has 1 heterocycles. The molecule has 0 aliphatic rings. The molecule has 4 heteroatoms. The highest BCUT2D eigenvalue weighted by Crippen LogP contribution is 2.08. The maximum Gasteiger partial charge on any atom is 0.146 e. The van der Waals surface area contributed by atoms with E-state index in [-0.39, 0.29) is 5.56 Å². The molecule has 0 saturated heterocycles. The van der Waals surface area contributed by atoms with Crippen molar-refractivity contribution >= 4 is 5.82 Å². The molecule has 1 N–H and O–H groups in total. The van der Waals surface area contributed by atoms with E-state index in [4.69, 9.17) is 5.26 Å². The van der Waals surface area contributed by atoms with Crippen LogP contribution >= 0.6 is 0 Å². The highest BCUT2D eigenvalue weighted by atomic mass is 19.1. The minimum atomic E-state index is -0.549. The Hall–Kier alpha value is -1.63. The van der Waals surface area contributed by atoms with Gasteiger partial charge in [0.15, 0.2) is 0 Å². The van der Waals surface area contributed by atoms with Crippen molar-refractivity contribution in [3.8, 4) is 6.07 Å². The second-order valence-electron chi connectivity index (χ2n) is 1.91. The fourth-order valence-corrected chi connectivity index (χ4v) is 0.650. The van der Waals surface area contributed by atoms with E-state index >= 15 is 0 Å². The van der Waals surface area contributed by atoms with E-state index in [1.807, 2.05) is 0 Å². The Morgan fingerprint density at radius 1 is 1.73 bits per heavy atom. The van der Waals surface area contributed by atoms with E-state index in [0.717, 1.165) is 0 Å². The quantitative estimate of drug-likeness (QED) is 0.654. The van der Waals surface area contributed by atoms with E-state index in [1.165, 1.54) is 12.3 Å².